The first-order valence-corrected chi connectivity index (χ1v) is 5.64. The zero-order chi connectivity index (χ0) is 13.0. The summed E-state index contributed by atoms with van der Waals surface area (Å²) in [6.07, 6.45) is 2.72. The second-order valence-corrected chi connectivity index (χ2v) is 4.16. The third-order valence-corrected chi connectivity index (χ3v) is 2.43. The Morgan fingerprint density at radius 1 is 1.50 bits per heavy atom. The molecule has 0 fully saturated rings. The molecule has 0 bridgehead atoms. The number of hydrogen-bond acceptors (Lipinski definition) is 6. The quantitative estimate of drug-likeness (QED) is 0.581. The third kappa shape index (κ3) is 3.14. The van der Waals surface area contributed by atoms with Crippen LogP contribution >= 0.6 is 15.9 Å². The molecule has 1 heterocycles. The summed E-state index contributed by atoms with van der Waals surface area (Å²) in [4.78, 5) is 14.4. The van der Waals surface area contributed by atoms with Gasteiger partial charge in [0.05, 0.1) is 12.4 Å². The molecule has 0 radical (unpaired) electrons. The topological polar surface area (TPSA) is 103 Å². The zero-order valence-corrected chi connectivity index (χ0v) is 10.5. The van der Waals surface area contributed by atoms with Gasteiger partial charge in [-0.1, -0.05) is 15.9 Å². The Morgan fingerprint density at radius 2 is 2.33 bits per heavy atom. The fourth-order valence-electron chi connectivity index (χ4n) is 1.16. The molecule has 1 aromatic heterocycles. The van der Waals surface area contributed by atoms with Gasteiger partial charge in [0.25, 0.3) is 0 Å². The number of rotatable bonds is 3. The summed E-state index contributed by atoms with van der Waals surface area (Å²) in [6, 6.07) is 4.95. The van der Waals surface area contributed by atoms with E-state index in [0.717, 1.165) is 4.47 Å². The summed E-state index contributed by atoms with van der Waals surface area (Å²) < 4.78 is 0.817. The number of aromatic amines is 1. The zero-order valence-electron chi connectivity index (χ0n) is 8.96. The normalized spacial score (nSPS) is 10.7. The lowest BCUT2D eigenvalue weighted by atomic mass is 10.2. The van der Waals surface area contributed by atoms with Gasteiger partial charge in [-0.15, -0.1) is 0 Å². The minimum Gasteiger partial charge on any atom is -0.507 e. The number of halogens is 1. The van der Waals surface area contributed by atoms with Crippen LogP contribution in [0.5, 0.6) is 5.75 Å². The molecule has 7 nitrogen and oxygen atoms in total. The molecule has 0 atom stereocenters. The average Bonchev–Trinajstić information content (AvgIpc) is 2.34. The number of anilines is 1. The second kappa shape index (κ2) is 5.41. The van der Waals surface area contributed by atoms with Crippen molar-refractivity contribution >= 4 is 28.0 Å². The van der Waals surface area contributed by atoms with Gasteiger partial charge in [-0.3, -0.25) is 5.43 Å². The van der Waals surface area contributed by atoms with E-state index in [-0.39, 0.29) is 11.6 Å². The maximum atomic E-state index is 10.9. The van der Waals surface area contributed by atoms with Crippen molar-refractivity contribution in [3.05, 3.63) is 44.9 Å². The van der Waals surface area contributed by atoms with Crippen LogP contribution in [0.3, 0.4) is 0 Å². The first-order chi connectivity index (χ1) is 8.65. The van der Waals surface area contributed by atoms with Crippen LogP contribution in [0.25, 0.3) is 0 Å². The van der Waals surface area contributed by atoms with E-state index in [9.17, 15) is 9.90 Å². The molecule has 0 aliphatic carbocycles. The van der Waals surface area contributed by atoms with E-state index in [1.807, 2.05) is 0 Å². The van der Waals surface area contributed by atoms with Crippen LogP contribution in [0, 0.1) is 0 Å². The Hall–Kier alpha value is -2.22. The van der Waals surface area contributed by atoms with E-state index in [0.29, 0.717) is 5.56 Å². The van der Waals surface area contributed by atoms with E-state index < -0.39 is 5.69 Å². The van der Waals surface area contributed by atoms with Crippen LogP contribution in [0.4, 0.5) is 5.82 Å². The molecule has 18 heavy (non-hydrogen) atoms. The minimum atomic E-state index is -0.569. The van der Waals surface area contributed by atoms with Gasteiger partial charge in [-0.05, 0) is 18.2 Å². The van der Waals surface area contributed by atoms with E-state index in [1.54, 1.807) is 18.2 Å². The molecule has 2 aromatic rings. The molecule has 92 valence electrons. The molecule has 0 saturated carbocycles. The Balaban J connectivity index is 2.12. The van der Waals surface area contributed by atoms with Gasteiger partial charge in [0, 0.05) is 10.0 Å². The summed E-state index contributed by atoms with van der Waals surface area (Å²) in [7, 11) is 0. The van der Waals surface area contributed by atoms with Crippen LogP contribution < -0.4 is 11.1 Å². The predicted molar refractivity (Wildman–Crippen MR) is 69.7 cm³/mol. The Labute approximate surface area is 110 Å². The minimum absolute atomic E-state index is 0.0979. The van der Waals surface area contributed by atoms with Crippen LogP contribution in [0.2, 0.25) is 0 Å². The van der Waals surface area contributed by atoms with Crippen molar-refractivity contribution in [2.75, 3.05) is 5.43 Å². The van der Waals surface area contributed by atoms with Crippen LogP contribution in [-0.4, -0.2) is 26.5 Å². The summed E-state index contributed by atoms with van der Waals surface area (Å²) >= 11 is 3.28. The van der Waals surface area contributed by atoms with E-state index in [2.05, 4.69) is 41.6 Å². The van der Waals surface area contributed by atoms with Gasteiger partial charge in [-0.2, -0.15) is 15.2 Å². The fraction of sp³-hybridized carbons (Fsp3) is 0. The molecule has 3 N–H and O–H groups in total. The number of benzene rings is 1. The molecule has 0 saturated heterocycles. The first-order valence-electron chi connectivity index (χ1n) is 4.84. The highest BCUT2D eigenvalue weighted by atomic mass is 79.9. The summed E-state index contributed by atoms with van der Waals surface area (Å²) in [5.41, 5.74) is 2.48. The molecule has 0 spiro atoms. The number of H-pyrrole nitrogens is 1. The molecular weight excluding hydrogens is 302 g/mol. The number of phenolic OH excluding ortho intramolecular Hbond substituents is 1. The Kier molecular flexibility index (Phi) is 3.68. The summed E-state index contributed by atoms with van der Waals surface area (Å²) in [6.45, 7) is 0. The van der Waals surface area contributed by atoms with Gasteiger partial charge >= 0.3 is 5.69 Å². The predicted octanol–water partition coefficient (Wildman–Crippen LogP) is 1.08. The van der Waals surface area contributed by atoms with Crippen molar-refractivity contribution in [3.63, 3.8) is 0 Å². The van der Waals surface area contributed by atoms with E-state index in [4.69, 9.17) is 0 Å². The second-order valence-electron chi connectivity index (χ2n) is 3.25. The fourth-order valence-corrected chi connectivity index (χ4v) is 1.54. The Bertz CT molecular complexity index is 640. The number of nitrogens with one attached hydrogen (secondary N) is 2. The molecule has 2 rings (SSSR count). The molecule has 0 unspecified atom stereocenters. The largest absolute Gasteiger partial charge is 0.507 e. The standard InChI is InChI=1S/C10H8BrN5O2/c11-7-1-2-8(17)6(3-7)4-12-15-9-5-13-16-10(18)14-9/h1-5,17H,(H2,14,15,16,18). The van der Waals surface area contributed by atoms with E-state index >= 15 is 0 Å². The van der Waals surface area contributed by atoms with Gasteiger partial charge in [-0.25, -0.2) is 9.89 Å². The summed E-state index contributed by atoms with van der Waals surface area (Å²) in [5, 5.41) is 19.1. The molecule has 0 aliphatic rings. The molecule has 0 aliphatic heterocycles. The molecule has 1 aromatic carbocycles. The number of aromatic hydroxyl groups is 1. The smallest absolute Gasteiger partial charge is 0.363 e. The lowest BCUT2D eigenvalue weighted by molar-refractivity contribution is 0.474. The third-order valence-electron chi connectivity index (χ3n) is 1.94. The molecule has 8 heteroatoms. The van der Waals surface area contributed by atoms with Crippen molar-refractivity contribution in [1.29, 1.82) is 0 Å². The Morgan fingerprint density at radius 3 is 3.11 bits per heavy atom. The average molecular weight is 310 g/mol. The number of phenols is 1. The maximum absolute atomic E-state index is 10.9. The molecular formula is C10H8BrN5O2. The molecule has 0 amide bonds. The van der Waals surface area contributed by atoms with Crippen LogP contribution in [0.15, 0.2) is 38.8 Å². The summed E-state index contributed by atoms with van der Waals surface area (Å²) in [5.74, 6) is 0.310. The number of hydrogen-bond donors (Lipinski definition) is 3. The van der Waals surface area contributed by atoms with Crippen molar-refractivity contribution in [1.82, 2.24) is 15.2 Å². The van der Waals surface area contributed by atoms with Gasteiger partial charge < -0.3 is 5.11 Å². The van der Waals surface area contributed by atoms with Crippen molar-refractivity contribution in [2.24, 2.45) is 5.10 Å². The first kappa shape index (κ1) is 12.2. The maximum Gasteiger partial charge on any atom is 0.363 e. The number of hydrazone groups is 1. The lowest BCUT2D eigenvalue weighted by Crippen LogP contribution is -2.13. The van der Waals surface area contributed by atoms with Crippen molar-refractivity contribution in [2.45, 2.75) is 0 Å². The highest BCUT2D eigenvalue weighted by Gasteiger charge is 1.98. The van der Waals surface area contributed by atoms with Gasteiger partial charge in [0.15, 0.2) is 5.82 Å². The SMILES string of the molecule is O=c1nc(NN=Cc2cc(Br)ccc2O)cn[nH]1. The van der Waals surface area contributed by atoms with Crippen LogP contribution in [-0.2, 0) is 0 Å². The lowest BCUT2D eigenvalue weighted by Gasteiger charge is -1.99. The highest BCUT2D eigenvalue weighted by molar-refractivity contribution is 9.10. The van der Waals surface area contributed by atoms with Crippen LogP contribution in [0.1, 0.15) is 5.56 Å². The monoisotopic (exact) mass is 309 g/mol. The van der Waals surface area contributed by atoms with Gasteiger partial charge in [0.1, 0.15) is 5.75 Å². The van der Waals surface area contributed by atoms with E-state index in [1.165, 1.54) is 12.4 Å². The van der Waals surface area contributed by atoms with Crippen molar-refractivity contribution < 1.29 is 5.11 Å². The number of nitrogens with zero attached hydrogens (tertiary/aromatic N) is 3. The van der Waals surface area contributed by atoms with Gasteiger partial charge in [0.2, 0.25) is 0 Å². The van der Waals surface area contributed by atoms with Crippen molar-refractivity contribution in [3.8, 4) is 5.75 Å². The highest BCUT2D eigenvalue weighted by Crippen LogP contribution is 2.19. The number of aromatic nitrogens is 3.